The van der Waals surface area contributed by atoms with Gasteiger partial charge in [0, 0.05) is 16.3 Å². The van der Waals surface area contributed by atoms with Crippen molar-refractivity contribution in [1.82, 2.24) is 4.90 Å². The van der Waals surface area contributed by atoms with Crippen molar-refractivity contribution in [2.24, 2.45) is 0 Å². The Bertz CT molecular complexity index is 939. The monoisotopic (exact) mass is 364 g/mol. The Labute approximate surface area is 159 Å². The highest BCUT2D eigenvalue weighted by atomic mass is 32.2. The quantitative estimate of drug-likeness (QED) is 0.602. The smallest absolute Gasteiger partial charge is 0.120 e. The minimum atomic E-state index is 0.910. The van der Waals surface area contributed by atoms with E-state index >= 15 is 0 Å². The fourth-order valence-electron chi connectivity index (χ4n) is 3.50. The van der Waals surface area contributed by atoms with Crippen LogP contribution in [0.1, 0.15) is 6.42 Å². The molecule has 4 rings (SSSR count). The Hall–Kier alpha value is -2.17. The van der Waals surface area contributed by atoms with Crippen molar-refractivity contribution in [3.8, 4) is 5.75 Å². The summed E-state index contributed by atoms with van der Waals surface area (Å²) in [6.45, 7) is 2.08. The predicted octanol–water partition coefficient (Wildman–Crippen LogP) is 5.40. The van der Waals surface area contributed by atoms with Crippen LogP contribution >= 0.6 is 11.8 Å². The Morgan fingerprint density at radius 1 is 1.00 bits per heavy atom. The molecule has 0 aromatic heterocycles. The van der Waals surface area contributed by atoms with E-state index in [1.54, 1.807) is 7.11 Å². The van der Waals surface area contributed by atoms with Crippen molar-refractivity contribution in [1.29, 1.82) is 0 Å². The molecule has 0 fully saturated rings. The second-order valence-corrected chi connectivity index (χ2v) is 7.93. The number of anilines is 2. The van der Waals surface area contributed by atoms with E-state index in [1.807, 2.05) is 11.8 Å². The highest BCUT2D eigenvalue weighted by Crippen LogP contribution is 2.51. The zero-order valence-electron chi connectivity index (χ0n) is 15.5. The van der Waals surface area contributed by atoms with Gasteiger partial charge in [-0.3, -0.25) is 0 Å². The van der Waals surface area contributed by atoms with Gasteiger partial charge in [0.1, 0.15) is 5.75 Å². The molecule has 1 aliphatic rings. The van der Waals surface area contributed by atoms with Crippen molar-refractivity contribution in [2.45, 2.75) is 16.2 Å². The maximum Gasteiger partial charge on any atom is 0.120 e. The van der Waals surface area contributed by atoms with Gasteiger partial charge in [0.25, 0.3) is 0 Å². The number of rotatable bonds is 5. The third-order valence-corrected chi connectivity index (χ3v) is 5.99. The van der Waals surface area contributed by atoms with Gasteiger partial charge < -0.3 is 14.5 Å². The van der Waals surface area contributed by atoms with Gasteiger partial charge in [-0.15, -0.1) is 0 Å². The van der Waals surface area contributed by atoms with Crippen LogP contribution in [-0.4, -0.2) is 39.2 Å². The number of nitrogens with zero attached hydrogens (tertiary/aromatic N) is 2. The second kappa shape index (κ2) is 7.22. The molecule has 26 heavy (non-hydrogen) atoms. The van der Waals surface area contributed by atoms with Gasteiger partial charge in [0.05, 0.1) is 18.5 Å². The van der Waals surface area contributed by atoms with Gasteiger partial charge in [0.2, 0.25) is 0 Å². The van der Waals surface area contributed by atoms with Gasteiger partial charge in [-0.05, 0) is 62.1 Å². The van der Waals surface area contributed by atoms with Gasteiger partial charge >= 0.3 is 0 Å². The summed E-state index contributed by atoms with van der Waals surface area (Å²) in [6, 6.07) is 19.6. The molecule has 0 saturated carbocycles. The molecule has 0 amide bonds. The lowest BCUT2D eigenvalue weighted by molar-refractivity contribution is 0.402. The van der Waals surface area contributed by atoms with E-state index in [0.29, 0.717) is 0 Å². The summed E-state index contributed by atoms with van der Waals surface area (Å²) < 4.78 is 5.47. The van der Waals surface area contributed by atoms with Crippen LogP contribution in [0.2, 0.25) is 0 Å². The molecular formula is C22H24N2OS. The van der Waals surface area contributed by atoms with Crippen LogP contribution in [0.3, 0.4) is 0 Å². The van der Waals surface area contributed by atoms with Crippen molar-refractivity contribution >= 4 is 33.9 Å². The molecule has 0 spiro atoms. The van der Waals surface area contributed by atoms with Crippen LogP contribution in [0, 0.1) is 0 Å². The Kier molecular flexibility index (Phi) is 4.79. The molecule has 0 N–H and O–H groups in total. The summed E-state index contributed by atoms with van der Waals surface area (Å²) in [5.74, 6) is 0.910. The first-order valence-corrected chi connectivity index (χ1v) is 9.79. The lowest BCUT2D eigenvalue weighted by atomic mass is 10.1. The third kappa shape index (κ3) is 3.15. The van der Waals surface area contributed by atoms with E-state index in [-0.39, 0.29) is 0 Å². The maximum absolute atomic E-state index is 5.47. The van der Waals surface area contributed by atoms with E-state index in [4.69, 9.17) is 4.74 Å². The number of methoxy groups -OCH3 is 1. The molecule has 0 saturated heterocycles. The lowest BCUT2D eigenvalue weighted by Crippen LogP contribution is -2.25. The molecule has 0 aliphatic carbocycles. The minimum absolute atomic E-state index is 0.910. The molecule has 3 aromatic rings. The SMILES string of the molecule is COc1ccc2c(c1)Sc1c(ccc3ccccc13)N2CCCN(C)C. The third-order valence-electron chi connectivity index (χ3n) is 4.81. The standard InChI is InChI=1S/C22H24N2OS/c1-23(2)13-6-14-24-19-12-10-17(25-3)15-21(19)26-22-18-8-5-4-7-16(18)9-11-20(22)24/h4-5,7-12,15H,6,13-14H2,1-3H3. The first-order valence-electron chi connectivity index (χ1n) is 8.97. The first-order chi connectivity index (χ1) is 12.7. The van der Waals surface area contributed by atoms with Crippen molar-refractivity contribution < 1.29 is 4.74 Å². The number of ether oxygens (including phenoxy) is 1. The first kappa shape index (κ1) is 17.3. The van der Waals surface area contributed by atoms with E-state index < -0.39 is 0 Å². The van der Waals surface area contributed by atoms with Crippen molar-refractivity contribution in [3.05, 3.63) is 54.6 Å². The molecular weight excluding hydrogens is 340 g/mol. The second-order valence-electron chi connectivity index (χ2n) is 6.88. The summed E-state index contributed by atoms with van der Waals surface area (Å²) >= 11 is 1.85. The van der Waals surface area contributed by atoms with E-state index in [0.717, 1.165) is 25.3 Å². The zero-order chi connectivity index (χ0) is 18.1. The van der Waals surface area contributed by atoms with Crippen LogP contribution in [0.15, 0.2) is 64.4 Å². The summed E-state index contributed by atoms with van der Waals surface area (Å²) in [5.41, 5.74) is 2.59. The van der Waals surface area contributed by atoms with Crippen LogP contribution in [0.25, 0.3) is 10.8 Å². The normalized spacial score (nSPS) is 13.0. The molecule has 0 bridgehead atoms. The fraction of sp³-hybridized carbons (Fsp3) is 0.273. The Balaban J connectivity index is 1.81. The fourth-order valence-corrected chi connectivity index (χ4v) is 4.76. The van der Waals surface area contributed by atoms with E-state index in [9.17, 15) is 0 Å². The molecule has 3 nitrogen and oxygen atoms in total. The van der Waals surface area contributed by atoms with Crippen LogP contribution in [0.4, 0.5) is 11.4 Å². The predicted molar refractivity (Wildman–Crippen MR) is 111 cm³/mol. The molecule has 0 unspecified atom stereocenters. The van der Waals surface area contributed by atoms with Crippen molar-refractivity contribution in [2.75, 3.05) is 39.2 Å². The van der Waals surface area contributed by atoms with Gasteiger partial charge in [-0.25, -0.2) is 0 Å². The number of benzene rings is 3. The Morgan fingerprint density at radius 2 is 1.81 bits per heavy atom. The molecule has 4 heteroatoms. The van der Waals surface area contributed by atoms with Crippen LogP contribution in [0.5, 0.6) is 5.75 Å². The van der Waals surface area contributed by atoms with Gasteiger partial charge in [-0.1, -0.05) is 42.1 Å². The summed E-state index contributed by atoms with van der Waals surface area (Å²) in [7, 11) is 5.99. The molecule has 134 valence electrons. The number of hydrogen-bond acceptors (Lipinski definition) is 4. The van der Waals surface area contributed by atoms with Gasteiger partial charge in [0.15, 0.2) is 0 Å². The zero-order valence-corrected chi connectivity index (χ0v) is 16.3. The van der Waals surface area contributed by atoms with Crippen LogP contribution in [-0.2, 0) is 0 Å². The summed E-state index contributed by atoms with van der Waals surface area (Å²) in [5, 5.41) is 2.61. The topological polar surface area (TPSA) is 15.7 Å². The molecule has 1 aliphatic heterocycles. The average Bonchev–Trinajstić information content (AvgIpc) is 2.66. The highest BCUT2D eigenvalue weighted by molar-refractivity contribution is 8.00. The number of hydrogen-bond donors (Lipinski definition) is 0. The molecule has 0 atom stereocenters. The van der Waals surface area contributed by atoms with E-state index in [1.165, 1.54) is 31.9 Å². The van der Waals surface area contributed by atoms with Gasteiger partial charge in [-0.2, -0.15) is 0 Å². The van der Waals surface area contributed by atoms with E-state index in [2.05, 4.69) is 78.5 Å². The lowest BCUT2D eigenvalue weighted by Gasteiger charge is -2.34. The number of fused-ring (bicyclic) bond motifs is 4. The molecule has 3 aromatic carbocycles. The highest BCUT2D eigenvalue weighted by Gasteiger charge is 2.25. The average molecular weight is 365 g/mol. The van der Waals surface area contributed by atoms with Crippen LogP contribution < -0.4 is 9.64 Å². The summed E-state index contributed by atoms with van der Waals surface area (Å²) in [6.07, 6.45) is 1.12. The van der Waals surface area contributed by atoms with Crippen molar-refractivity contribution in [3.63, 3.8) is 0 Å². The molecule has 1 heterocycles. The minimum Gasteiger partial charge on any atom is -0.497 e. The molecule has 0 radical (unpaired) electrons. The summed E-state index contributed by atoms with van der Waals surface area (Å²) in [4.78, 5) is 7.32. The maximum atomic E-state index is 5.47. The largest absolute Gasteiger partial charge is 0.497 e. The Morgan fingerprint density at radius 3 is 2.62 bits per heavy atom.